The molecular formula is C11H17FN2O2. The molecule has 0 spiro atoms. The second-order valence-corrected chi connectivity index (χ2v) is 4.62. The predicted octanol–water partition coefficient (Wildman–Crippen LogP) is 0.425. The highest BCUT2D eigenvalue weighted by atomic mass is 19.1. The Bertz CT molecular complexity index is 308. The number of halogens is 1. The molecule has 5 heteroatoms. The summed E-state index contributed by atoms with van der Waals surface area (Å²) < 4.78 is 13.0. The third-order valence-electron chi connectivity index (χ3n) is 3.43. The van der Waals surface area contributed by atoms with Crippen molar-refractivity contribution in [2.75, 3.05) is 26.2 Å². The van der Waals surface area contributed by atoms with E-state index >= 15 is 0 Å². The van der Waals surface area contributed by atoms with Gasteiger partial charge in [0.1, 0.15) is 6.17 Å². The van der Waals surface area contributed by atoms with Crippen molar-refractivity contribution in [1.29, 1.82) is 0 Å². The predicted molar refractivity (Wildman–Crippen MR) is 56.5 cm³/mol. The molecule has 16 heavy (non-hydrogen) atoms. The minimum absolute atomic E-state index is 0.0140. The molecule has 2 amide bonds. The van der Waals surface area contributed by atoms with Crippen molar-refractivity contribution in [3.63, 3.8) is 0 Å². The summed E-state index contributed by atoms with van der Waals surface area (Å²) in [6.45, 7) is 3.42. The molecule has 2 aliphatic rings. The number of amides is 2. The van der Waals surface area contributed by atoms with Gasteiger partial charge in [0, 0.05) is 26.6 Å². The Balaban J connectivity index is 1.89. The van der Waals surface area contributed by atoms with E-state index in [2.05, 4.69) is 0 Å². The molecule has 0 bridgehead atoms. The molecule has 2 rings (SSSR count). The highest BCUT2D eigenvalue weighted by molar-refractivity contribution is 5.81. The number of rotatable bonds is 1. The van der Waals surface area contributed by atoms with Crippen molar-refractivity contribution in [2.24, 2.45) is 5.92 Å². The van der Waals surface area contributed by atoms with Crippen LogP contribution in [0, 0.1) is 5.92 Å². The van der Waals surface area contributed by atoms with Gasteiger partial charge in [0.25, 0.3) is 0 Å². The van der Waals surface area contributed by atoms with Crippen LogP contribution in [0.4, 0.5) is 4.39 Å². The van der Waals surface area contributed by atoms with Crippen LogP contribution in [-0.4, -0.2) is 54.0 Å². The molecule has 0 aromatic carbocycles. The zero-order valence-electron chi connectivity index (χ0n) is 9.49. The highest BCUT2D eigenvalue weighted by Crippen LogP contribution is 2.22. The van der Waals surface area contributed by atoms with Gasteiger partial charge in [0.2, 0.25) is 11.8 Å². The average molecular weight is 228 g/mol. The van der Waals surface area contributed by atoms with E-state index in [-0.39, 0.29) is 24.3 Å². The van der Waals surface area contributed by atoms with Gasteiger partial charge in [-0.2, -0.15) is 0 Å². The summed E-state index contributed by atoms with van der Waals surface area (Å²) in [5, 5.41) is 0. The Labute approximate surface area is 94.4 Å². The number of likely N-dealkylation sites (tertiary alicyclic amines) is 2. The fraction of sp³-hybridized carbons (Fsp3) is 0.818. The van der Waals surface area contributed by atoms with Gasteiger partial charge in [0.15, 0.2) is 0 Å². The number of nitrogens with zero attached hydrogens (tertiary/aromatic N) is 2. The lowest BCUT2D eigenvalue weighted by atomic mass is 10.1. The second kappa shape index (κ2) is 4.39. The smallest absolute Gasteiger partial charge is 0.227 e. The standard InChI is InChI=1S/C11H17FN2O2/c1-8(15)13-4-2-9(6-13)11(16)14-5-3-10(12)7-14/h9-10H,2-7H2,1H3/t9?,10-/m1/s1. The molecule has 2 atom stereocenters. The normalized spacial score (nSPS) is 29.9. The van der Waals surface area contributed by atoms with Crippen molar-refractivity contribution in [3.8, 4) is 0 Å². The molecule has 1 unspecified atom stereocenters. The largest absolute Gasteiger partial charge is 0.342 e. The summed E-state index contributed by atoms with van der Waals surface area (Å²) in [4.78, 5) is 26.4. The maximum absolute atomic E-state index is 13.0. The fourth-order valence-electron chi connectivity index (χ4n) is 2.42. The summed E-state index contributed by atoms with van der Waals surface area (Å²) in [5.74, 6) is -0.0850. The number of alkyl halides is 1. The zero-order valence-corrected chi connectivity index (χ0v) is 9.49. The first kappa shape index (κ1) is 11.4. The Hall–Kier alpha value is -1.13. The lowest BCUT2D eigenvalue weighted by Crippen LogP contribution is -2.36. The number of carbonyl (C=O) groups excluding carboxylic acids is 2. The average Bonchev–Trinajstić information content (AvgIpc) is 2.84. The topological polar surface area (TPSA) is 40.6 Å². The van der Waals surface area contributed by atoms with E-state index in [0.29, 0.717) is 32.5 Å². The molecule has 0 saturated carbocycles. The molecule has 2 fully saturated rings. The van der Waals surface area contributed by atoms with Crippen LogP contribution in [0.5, 0.6) is 0 Å². The monoisotopic (exact) mass is 228 g/mol. The number of hydrogen-bond acceptors (Lipinski definition) is 2. The third-order valence-corrected chi connectivity index (χ3v) is 3.43. The molecular weight excluding hydrogens is 211 g/mol. The van der Waals surface area contributed by atoms with Crippen molar-refractivity contribution in [1.82, 2.24) is 9.80 Å². The van der Waals surface area contributed by atoms with Gasteiger partial charge < -0.3 is 9.80 Å². The maximum atomic E-state index is 13.0. The molecule has 90 valence electrons. The first-order valence-corrected chi connectivity index (χ1v) is 5.76. The summed E-state index contributed by atoms with van der Waals surface area (Å²) in [6, 6.07) is 0. The van der Waals surface area contributed by atoms with Crippen LogP contribution >= 0.6 is 0 Å². The summed E-state index contributed by atoms with van der Waals surface area (Å²) >= 11 is 0. The summed E-state index contributed by atoms with van der Waals surface area (Å²) in [6.07, 6.45) is 0.301. The minimum atomic E-state index is -0.866. The Morgan fingerprint density at radius 2 is 1.81 bits per heavy atom. The van der Waals surface area contributed by atoms with Crippen LogP contribution in [-0.2, 0) is 9.59 Å². The van der Waals surface area contributed by atoms with Crippen LogP contribution in [0.15, 0.2) is 0 Å². The SMILES string of the molecule is CC(=O)N1CCC(C(=O)N2CC[C@@H](F)C2)C1. The van der Waals surface area contributed by atoms with Gasteiger partial charge in [-0.3, -0.25) is 9.59 Å². The van der Waals surface area contributed by atoms with Crippen LogP contribution in [0.25, 0.3) is 0 Å². The molecule has 0 aromatic rings. The second-order valence-electron chi connectivity index (χ2n) is 4.62. The molecule has 2 saturated heterocycles. The molecule has 0 aromatic heterocycles. The molecule has 2 heterocycles. The first-order valence-electron chi connectivity index (χ1n) is 5.76. The summed E-state index contributed by atoms with van der Waals surface area (Å²) in [7, 11) is 0. The van der Waals surface area contributed by atoms with E-state index in [1.165, 1.54) is 6.92 Å². The van der Waals surface area contributed by atoms with E-state index < -0.39 is 6.17 Å². The van der Waals surface area contributed by atoms with E-state index in [1.807, 2.05) is 0 Å². The van der Waals surface area contributed by atoms with E-state index in [4.69, 9.17) is 0 Å². The van der Waals surface area contributed by atoms with Gasteiger partial charge in [0.05, 0.1) is 12.5 Å². The van der Waals surface area contributed by atoms with E-state index in [0.717, 1.165) is 0 Å². The van der Waals surface area contributed by atoms with Gasteiger partial charge in [-0.25, -0.2) is 4.39 Å². The Morgan fingerprint density at radius 1 is 1.12 bits per heavy atom. The third kappa shape index (κ3) is 2.18. The van der Waals surface area contributed by atoms with E-state index in [1.54, 1.807) is 9.80 Å². The summed E-state index contributed by atoms with van der Waals surface area (Å²) in [5.41, 5.74) is 0. The Morgan fingerprint density at radius 3 is 2.31 bits per heavy atom. The van der Waals surface area contributed by atoms with Gasteiger partial charge >= 0.3 is 0 Å². The van der Waals surface area contributed by atoms with Gasteiger partial charge in [-0.15, -0.1) is 0 Å². The quantitative estimate of drug-likeness (QED) is 0.653. The first-order chi connectivity index (χ1) is 7.58. The van der Waals surface area contributed by atoms with Crippen LogP contribution in [0.1, 0.15) is 19.8 Å². The molecule has 0 aliphatic carbocycles. The molecule has 4 nitrogen and oxygen atoms in total. The fourth-order valence-corrected chi connectivity index (χ4v) is 2.42. The number of carbonyl (C=O) groups is 2. The van der Waals surface area contributed by atoms with Crippen molar-refractivity contribution in [3.05, 3.63) is 0 Å². The lowest BCUT2D eigenvalue weighted by Gasteiger charge is -2.20. The maximum Gasteiger partial charge on any atom is 0.227 e. The minimum Gasteiger partial charge on any atom is -0.342 e. The lowest BCUT2D eigenvalue weighted by molar-refractivity contribution is -0.134. The van der Waals surface area contributed by atoms with Gasteiger partial charge in [-0.05, 0) is 12.8 Å². The van der Waals surface area contributed by atoms with Crippen molar-refractivity contribution < 1.29 is 14.0 Å². The molecule has 2 aliphatic heterocycles. The van der Waals surface area contributed by atoms with E-state index in [9.17, 15) is 14.0 Å². The highest BCUT2D eigenvalue weighted by Gasteiger charge is 2.35. The van der Waals surface area contributed by atoms with Crippen LogP contribution in [0.2, 0.25) is 0 Å². The van der Waals surface area contributed by atoms with Crippen molar-refractivity contribution in [2.45, 2.75) is 25.9 Å². The van der Waals surface area contributed by atoms with Crippen LogP contribution in [0.3, 0.4) is 0 Å². The zero-order chi connectivity index (χ0) is 11.7. The van der Waals surface area contributed by atoms with Crippen LogP contribution < -0.4 is 0 Å². The molecule has 0 radical (unpaired) electrons. The van der Waals surface area contributed by atoms with Gasteiger partial charge in [-0.1, -0.05) is 0 Å². The molecule has 0 N–H and O–H groups in total. The Kier molecular flexibility index (Phi) is 3.12. The van der Waals surface area contributed by atoms with Crippen molar-refractivity contribution >= 4 is 11.8 Å². The number of hydrogen-bond donors (Lipinski definition) is 0.